The molecule has 128 valence electrons. The predicted molar refractivity (Wildman–Crippen MR) is 91.3 cm³/mol. The van der Waals surface area contributed by atoms with Crippen LogP contribution in [0.25, 0.3) is 0 Å². The first-order valence-electron chi connectivity index (χ1n) is 7.54. The van der Waals surface area contributed by atoms with E-state index in [0.717, 1.165) is 0 Å². The molecule has 8 heteroatoms. The van der Waals surface area contributed by atoms with E-state index < -0.39 is 11.2 Å². The monoisotopic (exact) mass is 340 g/mol. The van der Waals surface area contributed by atoms with E-state index >= 15 is 0 Å². The van der Waals surface area contributed by atoms with Gasteiger partial charge in [0.15, 0.2) is 0 Å². The van der Waals surface area contributed by atoms with Crippen molar-refractivity contribution in [3.05, 3.63) is 74.6 Å². The third-order valence-corrected chi connectivity index (χ3v) is 4.12. The zero-order valence-corrected chi connectivity index (χ0v) is 13.5. The topological polar surface area (TPSA) is 106 Å². The van der Waals surface area contributed by atoms with Crippen LogP contribution in [0.15, 0.2) is 46.5 Å². The smallest absolute Gasteiger partial charge is 0.325 e. The second-order valence-electron chi connectivity index (χ2n) is 5.67. The summed E-state index contributed by atoms with van der Waals surface area (Å²) in [6, 6.07) is 6.54. The van der Waals surface area contributed by atoms with Crippen molar-refractivity contribution in [1.29, 1.82) is 0 Å². The summed E-state index contributed by atoms with van der Waals surface area (Å²) in [6.45, 7) is 3.74. The second-order valence-corrected chi connectivity index (χ2v) is 5.67. The van der Waals surface area contributed by atoms with Crippen LogP contribution >= 0.6 is 0 Å². The highest BCUT2D eigenvalue weighted by molar-refractivity contribution is 6.01. The quantitative estimate of drug-likeness (QED) is 0.787. The molecule has 1 aromatic heterocycles. The molecule has 8 nitrogen and oxygen atoms in total. The Bertz CT molecular complexity index is 971. The van der Waals surface area contributed by atoms with Crippen LogP contribution in [0.1, 0.15) is 21.6 Å². The van der Waals surface area contributed by atoms with E-state index in [0.29, 0.717) is 22.5 Å². The molecule has 0 saturated heterocycles. The first kappa shape index (κ1) is 16.4. The lowest BCUT2D eigenvalue weighted by Crippen LogP contribution is -2.27. The maximum atomic E-state index is 12.6. The summed E-state index contributed by atoms with van der Waals surface area (Å²) in [5.41, 5.74) is 0.837. The van der Waals surface area contributed by atoms with Crippen LogP contribution in [-0.4, -0.2) is 33.7 Å². The molecular formula is C17H16N4O4. The highest BCUT2D eigenvalue weighted by atomic mass is 16.2. The zero-order chi connectivity index (χ0) is 18.1. The van der Waals surface area contributed by atoms with Gasteiger partial charge in [-0.1, -0.05) is 6.58 Å². The van der Waals surface area contributed by atoms with E-state index in [9.17, 15) is 19.2 Å². The number of nitrogens with zero attached hydrogens (tertiary/aromatic N) is 2. The number of amides is 2. The molecule has 2 heterocycles. The molecule has 1 aliphatic rings. The van der Waals surface area contributed by atoms with E-state index in [2.05, 4.69) is 16.5 Å². The molecule has 0 bridgehead atoms. The Morgan fingerprint density at radius 2 is 1.84 bits per heavy atom. The maximum absolute atomic E-state index is 12.6. The molecule has 0 fully saturated rings. The third-order valence-electron chi connectivity index (χ3n) is 4.12. The first-order valence-corrected chi connectivity index (χ1v) is 7.54. The number of rotatable bonds is 3. The molecule has 0 saturated carbocycles. The van der Waals surface area contributed by atoms with Crippen molar-refractivity contribution in [3.63, 3.8) is 0 Å². The van der Waals surface area contributed by atoms with Gasteiger partial charge in [0.25, 0.3) is 11.5 Å². The lowest BCUT2D eigenvalue weighted by molar-refractivity contribution is -0.113. The lowest BCUT2D eigenvalue weighted by atomic mass is 10.1. The highest BCUT2D eigenvalue weighted by Gasteiger charge is 2.27. The minimum atomic E-state index is -0.586. The molecule has 0 radical (unpaired) electrons. The number of anilines is 1. The van der Waals surface area contributed by atoms with Gasteiger partial charge in [-0.2, -0.15) is 0 Å². The zero-order valence-electron chi connectivity index (χ0n) is 13.5. The van der Waals surface area contributed by atoms with Gasteiger partial charge < -0.3 is 14.8 Å². The summed E-state index contributed by atoms with van der Waals surface area (Å²) in [6.07, 6.45) is 1.21. The van der Waals surface area contributed by atoms with Crippen LogP contribution in [0.2, 0.25) is 0 Å². The van der Waals surface area contributed by atoms with Crippen LogP contribution in [0.4, 0.5) is 5.69 Å². The van der Waals surface area contributed by atoms with E-state index in [1.807, 2.05) is 0 Å². The largest absolute Gasteiger partial charge is 0.328 e. The Kier molecular flexibility index (Phi) is 4.10. The third kappa shape index (κ3) is 3.01. The van der Waals surface area contributed by atoms with Gasteiger partial charge in [0.1, 0.15) is 0 Å². The van der Waals surface area contributed by atoms with Gasteiger partial charge in [0.05, 0.1) is 18.7 Å². The summed E-state index contributed by atoms with van der Waals surface area (Å²) in [5.74, 6) is -0.516. The van der Waals surface area contributed by atoms with E-state index in [4.69, 9.17) is 0 Å². The Balaban J connectivity index is 1.80. The van der Waals surface area contributed by atoms with Gasteiger partial charge in [0, 0.05) is 24.0 Å². The van der Waals surface area contributed by atoms with Crippen molar-refractivity contribution in [2.24, 2.45) is 0 Å². The average Bonchev–Trinajstić information content (AvgIpc) is 3.04. The van der Waals surface area contributed by atoms with Crippen molar-refractivity contribution < 1.29 is 9.59 Å². The Hall–Kier alpha value is -3.42. The van der Waals surface area contributed by atoms with Crippen molar-refractivity contribution in [2.75, 3.05) is 11.9 Å². The standard InChI is InChI=1S/C17H16N4O4/c1-3-14(22)20(2)11-6-4-10(5-7-11)16(24)21-8-12-13(9-21)18-17(25)19-15(12)23/h3-7H,1,8-9H2,2H3,(H2,18,19,23,25). The predicted octanol–water partition coefficient (Wildman–Crippen LogP) is 0.368. The molecule has 0 aliphatic carbocycles. The SMILES string of the molecule is C=CC(=O)N(C)c1ccc(C(=O)N2Cc3[nH]c(=O)[nH]c(=O)c3C2)cc1. The number of carbonyl (C=O) groups is 2. The van der Waals surface area contributed by atoms with E-state index in [-0.39, 0.29) is 24.9 Å². The number of aromatic nitrogens is 2. The van der Waals surface area contributed by atoms with Gasteiger partial charge in [-0.15, -0.1) is 0 Å². The number of nitrogens with one attached hydrogen (secondary N) is 2. The van der Waals surface area contributed by atoms with Gasteiger partial charge in [0.2, 0.25) is 5.91 Å². The fourth-order valence-corrected chi connectivity index (χ4v) is 2.72. The molecule has 1 aromatic carbocycles. The molecule has 2 N–H and O–H groups in total. The summed E-state index contributed by atoms with van der Waals surface area (Å²) >= 11 is 0. The highest BCUT2D eigenvalue weighted by Crippen LogP contribution is 2.21. The Morgan fingerprint density at radius 1 is 1.16 bits per heavy atom. The molecule has 0 unspecified atom stereocenters. The van der Waals surface area contributed by atoms with Crippen LogP contribution in [0, 0.1) is 0 Å². The fourth-order valence-electron chi connectivity index (χ4n) is 2.72. The van der Waals surface area contributed by atoms with Crippen LogP contribution in [-0.2, 0) is 17.9 Å². The Morgan fingerprint density at radius 3 is 2.48 bits per heavy atom. The van der Waals surface area contributed by atoms with Crippen molar-refractivity contribution >= 4 is 17.5 Å². The van der Waals surface area contributed by atoms with Crippen LogP contribution in [0.5, 0.6) is 0 Å². The lowest BCUT2D eigenvalue weighted by Gasteiger charge is -2.17. The van der Waals surface area contributed by atoms with Crippen molar-refractivity contribution in [3.8, 4) is 0 Å². The minimum Gasteiger partial charge on any atom is -0.328 e. The molecule has 25 heavy (non-hydrogen) atoms. The first-order chi connectivity index (χ1) is 11.9. The minimum absolute atomic E-state index is 0.136. The van der Waals surface area contributed by atoms with E-state index in [1.54, 1.807) is 31.3 Å². The van der Waals surface area contributed by atoms with Crippen molar-refractivity contribution in [2.45, 2.75) is 13.1 Å². The van der Waals surface area contributed by atoms with Crippen molar-refractivity contribution in [1.82, 2.24) is 14.9 Å². The maximum Gasteiger partial charge on any atom is 0.325 e. The summed E-state index contributed by atoms with van der Waals surface area (Å²) < 4.78 is 0. The summed E-state index contributed by atoms with van der Waals surface area (Å²) in [7, 11) is 1.61. The van der Waals surface area contributed by atoms with Crippen LogP contribution in [0.3, 0.4) is 0 Å². The second kappa shape index (κ2) is 6.23. The fraction of sp³-hybridized carbons (Fsp3) is 0.176. The van der Waals surface area contributed by atoms with Gasteiger partial charge in [-0.3, -0.25) is 19.4 Å². The summed E-state index contributed by atoms with van der Waals surface area (Å²) in [4.78, 5) is 54.9. The molecular weight excluding hydrogens is 324 g/mol. The molecule has 0 spiro atoms. The number of benzene rings is 1. The molecule has 3 rings (SSSR count). The van der Waals surface area contributed by atoms with E-state index in [1.165, 1.54) is 15.9 Å². The number of fused-ring (bicyclic) bond motifs is 1. The normalized spacial score (nSPS) is 12.6. The molecule has 2 amide bonds. The number of hydrogen-bond donors (Lipinski definition) is 2. The van der Waals surface area contributed by atoms with Gasteiger partial charge in [-0.05, 0) is 30.3 Å². The number of H-pyrrole nitrogens is 2. The average molecular weight is 340 g/mol. The Labute approximate surface area is 142 Å². The van der Waals surface area contributed by atoms with Gasteiger partial charge >= 0.3 is 5.69 Å². The summed E-state index contributed by atoms with van der Waals surface area (Å²) in [5, 5.41) is 0. The molecule has 1 aliphatic heterocycles. The molecule has 2 aromatic rings. The number of hydrogen-bond acceptors (Lipinski definition) is 4. The number of likely N-dealkylation sites (N-methyl/N-ethyl adjacent to an activating group) is 1. The molecule has 0 atom stereocenters. The number of aromatic amines is 2. The number of carbonyl (C=O) groups excluding carboxylic acids is 2. The van der Waals surface area contributed by atoms with Crippen LogP contribution < -0.4 is 16.1 Å². The van der Waals surface area contributed by atoms with Gasteiger partial charge in [-0.25, -0.2) is 4.79 Å².